The van der Waals surface area contributed by atoms with E-state index in [2.05, 4.69) is 10.0 Å². The number of piperidine rings is 1. The highest BCUT2D eigenvalue weighted by atomic mass is 32.2. The van der Waals surface area contributed by atoms with Crippen molar-refractivity contribution in [2.24, 2.45) is 17.8 Å². The molecular formula is C24H37N3O6S. The summed E-state index contributed by atoms with van der Waals surface area (Å²) in [7, 11) is -3.88. The van der Waals surface area contributed by atoms with Gasteiger partial charge in [0.15, 0.2) is 0 Å². The van der Waals surface area contributed by atoms with E-state index in [1.54, 1.807) is 30.9 Å². The third-order valence-electron chi connectivity index (χ3n) is 6.05. The topological polar surface area (TPSA) is 133 Å². The molecule has 190 valence electrons. The van der Waals surface area contributed by atoms with Crippen molar-refractivity contribution in [1.82, 2.24) is 14.9 Å². The van der Waals surface area contributed by atoms with Gasteiger partial charge in [0, 0.05) is 19.0 Å². The fourth-order valence-electron chi connectivity index (χ4n) is 3.97. The first-order valence-corrected chi connectivity index (χ1v) is 13.2. The maximum atomic E-state index is 13.2. The largest absolute Gasteiger partial charge is 0.480 e. The Bertz CT molecular complexity index is 967. The van der Waals surface area contributed by atoms with Gasteiger partial charge in [-0.2, -0.15) is 4.72 Å². The predicted molar refractivity (Wildman–Crippen MR) is 128 cm³/mol. The maximum Gasteiger partial charge on any atom is 0.326 e. The molecule has 1 aromatic rings. The number of rotatable bonds is 10. The third-order valence-corrected chi connectivity index (χ3v) is 7.50. The number of benzene rings is 1. The van der Waals surface area contributed by atoms with Crippen LogP contribution < -0.4 is 10.0 Å². The molecule has 1 aromatic carbocycles. The summed E-state index contributed by atoms with van der Waals surface area (Å²) in [5.41, 5.74) is 0.932. The Morgan fingerprint density at radius 3 is 2.09 bits per heavy atom. The second-order valence-electron chi connectivity index (χ2n) is 9.78. The second-order valence-corrected chi connectivity index (χ2v) is 11.5. The van der Waals surface area contributed by atoms with Crippen LogP contribution in [0.15, 0.2) is 29.2 Å². The maximum absolute atomic E-state index is 13.2. The molecule has 0 radical (unpaired) electrons. The molecule has 1 aliphatic heterocycles. The van der Waals surface area contributed by atoms with Gasteiger partial charge >= 0.3 is 5.97 Å². The molecule has 9 nitrogen and oxygen atoms in total. The zero-order chi connectivity index (χ0) is 25.6. The van der Waals surface area contributed by atoms with Gasteiger partial charge in [0.05, 0.1) is 4.90 Å². The smallest absolute Gasteiger partial charge is 0.326 e. The van der Waals surface area contributed by atoms with Crippen LogP contribution in [0.2, 0.25) is 0 Å². The highest BCUT2D eigenvalue weighted by molar-refractivity contribution is 7.89. The first kappa shape index (κ1) is 27.8. The Hall–Kier alpha value is -2.46. The zero-order valence-electron chi connectivity index (χ0n) is 20.6. The first-order chi connectivity index (χ1) is 15.8. The molecule has 1 fully saturated rings. The molecule has 1 saturated heterocycles. The van der Waals surface area contributed by atoms with Gasteiger partial charge < -0.3 is 15.3 Å². The van der Waals surface area contributed by atoms with Crippen LogP contribution in [0.25, 0.3) is 0 Å². The molecular weight excluding hydrogens is 458 g/mol. The molecule has 0 spiro atoms. The molecule has 0 aliphatic carbocycles. The van der Waals surface area contributed by atoms with E-state index in [-0.39, 0.29) is 34.5 Å². The summed E-state index contributed by atoms with van der Waals surface area (Å²) in [6, 6.07) is 4.55. The molecule has 0 unspecified atom stereocenters. The summed E-state index contributed by atoms with van der Waals surface area (Å²) >= 11 is 0. The molecule has 2 atom stereocenters. The fraction of sp³-hybridized carbons (Fsp3) is 0.625. The summed E-state index contributed by atoms with van der Waals surface area (Å²) < 4.78 is 28.2. The number of sulfonamides is 1. The molecule has 0 saturated carbocycles. The Morgan fingerprint density at radius 1 is 1.06 bits per heavy atom. The number of amides is 2. The standard InChI is InChI=1S/C24H37N3O6S/c1-15(2)14-20(24(30)31)25-22(28)18-10-12-27(13-11-18)23(29)21(16(3)4)26-34(32,33)19-8-6-17(5)7-9-19/h6-9,15-16,18,20-21,26H,10-14H2,1-5H3,(H,25,28)(H,30,31)/t20-,21-/m0/s1. The van der Waals surface area contributed by atoms with Gasteiger partial charge in [-0.25, -0.2) is 13.2 Å². The van der Waals surface area contributed by atoms with Crippen LogP contribution in [0.4, 0.5) is 0 Å². The number of carbonyl (C=O) groups excluding carboxylic acids is 2. The Labute approximate surface area is 202 Å². The van der Waals surface area contributed by atoms with Gasteiger partial charge in [0.1, 0.15) is 12.1 Å². The third kappa shape index (κ3) is 7.53. The predicted octanol–water partition coefficient (Wildman–Crippen LogP) is 2.15. The lowest BCUT2D eigenvalue weighted by Gasteiger charge is -2.35. The molecule has 0 aromatic heterocycles. The van der Waals surface area contributed by atoms with Gasteiger partial charge in [-0.3, -0.25) is 9.59 Å². The zero-order valence-corrected chi connectivity index (χ0v) is 21.4. The van der Waals surface area contributed by atoms with Gasteiger partial charge in [0.2, 0.25) is 21.8 Å². The van der Waals surface area contributed by atoms with E-state index < -0.39 is 28.1 Å². The van der Waals surface area contributed by atoms with Crippen LogP contribution in [0, 0.1) is 24.7 Å². The van der Waals surface area contributed by atoms with Gasteiger partial charge in [0.25, 0.3) is 0 Å². The minimum absolute atomic E-state index is 0.0984. The number of carbonyl (C=O) groups is 3. The highest BCUT2D eigenvalue weighted by Crippen LogP contribution is 2.21. The lowest BCUT2D eigenvalue weighted by molar-refractivity contribution is -0.143. The van der Waals surface area contributed by atoms with Crippen LogP contribution in [0.1, 0.15) is 52.5 Å². The normalized spacial score (nSPS) is 17.0. The molecule has 2 amide bonds. The van der Waals surface area contributed by atoms with Crippen molar-refractivity contribution < 1.29 is 27.9 Å². The van der Waals surface area contributed by atoms with Gasteiger partial charge in [-0.1, -0.05) is 45.4 Å². The molecule has 1 heterocycles. The number of likely N-dealkylation sites (tertiary alicyclic amines) is 1. The summed E-state index contributed by atoms with van der Waals surface area (Å²) in [6.45, 7) is 9.81. The molecule has 2 rings (SSSR count). The minimum atomic E-state index is -3.88. The monoisotopic (exact) mass is 495 g/mol. The van der Waals surface area contributed by atoms with Crippen molar-refractivity contribution in [3.05, 3.63) is 29.8 Å². The number of carboxylic acid groups (broad SMARTS) is 1. The van der Waals surface area contributed by atoms with E-state index in [0.29, 0.717) is 32.4 Å². The summed E-state index contributed by atoms with van der Waals surface area (Å²) in [5, 5.41) is 12.0. The Balaban J connectivity index is 2.01. The molecule has 3 N–H and O–H groups in total. The summed E-state index contributed by atoms with van der Waals surface area (Å²) in [5.74, 6) is -2.25. The number of carboxylic acids is 1. The van der Waals surface area contributed by atoms with Crippen molar-refractivity contribution in [3.8, 4) is 0 Å². The summed E-state index contributed by atoms with van der Waals surface area (Å²) in [4.78, 5) is 38.9. The van der Waals surface area contributed by atoms with E-state index in [4.69, 9.17) is 0 Å². The van der Waals surface area contributed by atoms with Crippen molar-refractivity contribution >= 4 is 27.8 Å². The quantitative estimate of drug-likeness (QED) is 0.456. The first-order valence-electron chi connectivity index (χ1n) is 11.7. The number of hydrogen-bond donors (Lipinski definition) is 3. The second kappa shape index (κ2) is 11.8. The Morgan fingerprint density at radius 2 is 1.62 bits per heavy atom. The fourth-order valence-corrected chi connectivity index (χ4v) is 5.30. The van der Waals surface area contributed by atoms with E-state index in [1.807, 2.05) is 20.8 Å². The highest BCUT2D eigenvalue weighted by Gasteiger charge is 2.35. The van der Waals surface area contributed by atoms with E-state index in [9.17, 15) is 27.9 Å². The number of nitrogens with zero attached hydrogens (tertiary/aromatic N) is 1. The number of aliphatic carboxylic acids is 1. The number of aryl methyl sites for hydroxylation is 1. The minimum Gasteiger partial charge on any atom is -0.480 e. The van der Waals surface area contributed by atoms with Crippen molar-refractivity contribution in [2.45, 2.75) is 70.9 Å². The van der Waals surface area contributed by atoms with E-state index >= 15 is 0 Å². The number of hydrogen-bond acceptors (Lipinski definition) is 5. The van der Waals surface area contributed by atoms with Crippen molar-refractivity contribution in [2.75, 3.05) is 13.1 Å². The average Bonchev–Trinajstić information content (AvgIpc) is 2.76. The van der Waals surface area contributed by atoms with Crippen LogP contribution in [-0.4, -0.2) is 61.4 Å². The molecule has 34 heavy (non-hydrogen) atoms. The van der Waals surface area contributed by atoms with Crippen molar-refractivity contribution in [1.29, 1.82) is 0 Å². The van der Waals surface area contributed by atoms with E-state index in [0.717, 1.165) is 5.56 Å². The number of nitrogens with one attached hydrogen (secondary N) is 2. The lowest BCUT2D eigenvalue weighted by atomic mass is 9.93. The van der Waals surface area contributed by atoms with Crippen LogP contribution in [0.3, 0.4) is 0 Å². The lowest BCUT2D eigenvalue weighted by Crippen LogP contribution is -2.54. The molecule has 0 bridgehead atoms. The average molecular weight is 496 g/mol. The molecule has 10 heteroatoms. The van der Waals surface area contributed by atoms with Crippen LogP contribution in [0.5, 0.6) is 0 Å². The summed E-state index contributed by atoms with van der Waals surface area (Å²) in [6.07, 6.45) is 1.12. The van der Waals surface area contributed by atoms with E-state index in [1.165, 1.54) is 12.1 Å². The van der Waals surface area contributed by atoms with Crippen LogP contribution >= 0.6 is 0 Å². The SMILES string of the molecule is Cc1ccc(S(=O)(=O)N[C@H](C(=O)N2CCC(C(=O)N[C@@H](CC(C)C)C(=O)O)CC2)C(C)C)cc1. The van der Waals surface area contributed by atoms with Crippen molar-refractivity contribution in [3.63, 3.8) is 0 Å². The van der Waals surface area contributed by atoms with Crippen LogP contribution in [-0.2, 0) is 24.4 Å². The van der Waals surface area contributed by atoms with Gasteiger partial charge in [-0.05, 0) is 50.2 Å². The Kier molecular flexibility index (Phi) is 9.64. The molecule has 1 aliphatic rings. The van der Waals surface area contributed by atoms with Gasteiger partial charge in [-0.15, -0.1) is 0 Å².